The summed E-state index contributed by atoms with van der Waals surface area (Å²) in [5, 5.41) is 10.5. The Morgan fingerprint density at radius 3 is 1.88 bits per heavy atom. The highest BCUT2D eigenvalue weighted by Crippen LogP contribution is 2.42. The van der Waals surface area contributed by atoms with E-state index >= 15 is 0 Å². The van der Waals surface area contributed by atoms with Crippen LogP contribution in [0.3, 0.4) is 0 Å². The topological polar surface area (TPSA) is 52.2 Å². The lowest BCUT2D eigenvalue weighted by molar-refractivity contribution is 1.01. The van der Waals surface area contributed by atoms with E-state index in [1.54, 1.807) is 0 Å². The Morgan fingerprint density at radius 1 is 0.417 bits per heavy atom. The summed E-state index contributed by atoms with van der Waals surface area (Å²) in [6, 6.07) is 50.1. The fourth-order valence-corrected chi connectivity index (χ4v) is 8.09. The molecule has 0 saturated carbocycles. The van der Waals surface area contributed by atoms with Gasteiger partial charge in [-0.2, -0.15) is 0 Å². The van der Waals surface area contributed by atoms with Crippen LogP contribution in [0.2, 0.25) is 0 Å². The Labute approximate surface area is 272 Å². The molecule has 0 aliphatic heterocycles. The van der Waals surface area contributed by atoms with Crippen molar-refractivity contribution < 1.29 is 0 Å². The van der Waals surface area contributed by atoms with Gasteiger partial charge in [0.15, 0.2) is 0 Å². The third-order valence-corrected chi connectivity index (χ3v) is 10.1. The molecule has 0 aliphatic rings. The number of pyridine rings is 1. The van der Waals surface area contributed by atoms with Gasteiger partial charge in [0.25, 0.3) is 5.56 Å². The van der Waals surface area contributed by atoms with Crippen LogP contribution in [0, 0.1) is 0 Å². The van der Waals surface area contributed by atoms with E-state index in [2.05, 4.69) is 102 Å². The predicted molar refractivity (Wildman–Crippen MR) is 198 cm³/mol. The van der Waals surface area contributed by atoms with Gasteiger partial charge in [-0.3, -0.25) is 13.8 Å². The molecule has 5 heteroatoms. The van der Waals surface area contributed by atoms with E-state index in [0.29, 0.717) is 5.95 Å². The van der Waals surface area contributed by atoms with E-state index in [1.165, 1.54) is 0 Å². The standard InChI is InChI=1S/C43H24N4O/c48-42-30-14-5-4-13-26(30)29-17-10-18-33-39-28-21-23-36-38(27(28)22-24-37(39)47(42)41(29)33)32-16-7-9-20-35(32)46(36)43-44-34-19-8-6-15-31(34)40(45-43)25-11-2-1-3-12-25/h1-24H. The number of rotatable bonds is 2. The molecule has 0 aliphatic carbocycles. The van der Waals surface area contributed by atoms with Crippen LogP contribution in [0.1, 0.15) is 0 Å². The second-order valence-corrected chi connectivity index (χ2v) is 12.5. The highest BCUT2D eigenvalue weighted by atomic mass is 16.1. The van der Waals surface area contributed by atoms with Gasteiger partial charge < -0.3 is 0 Å². The zero-order chi connectivity index (χ0) is 31.5. The maximum atomic E-state index is 14.0. The summed E-state index contributed by atoms with van der Waals surface area (Å²) < 4.78 is 4.12. The van der Waals surface area contributed by atoms with Crippen molar-refractivity contribution in [3.63, 3.8) is 0 Å². The van der Waals surface area contributed by atoms with Crippen LogP contribution < -0.4 is 5.56 Å². The number of nitrogens with zero attached hydrogens (tertiary/aromatic N) is 4. The minimum Gasteiger partial charge on any atom is -0.278 e. The molecule has 0 amide bonds. The molecule has 0 fully saturated rings. The summed E-state index contributed by atoms with van der Waals surface area (Å²) in [5.41, 5.74) is 6.86. The van der Waals surface area contributed by atoms with Crippen LogP contribution in [0.15, 0.2) is 150 Å². The Bertz CT molecular complexity index is 3190. The molecule has 0 spiro atoms. The molecule has 0 radical (unpaired) electrons. The molecule has 7 aromatic carbocycles. The van der Waals surface area contributed by atoms with Crippen molar-refractivity contribution in [3.8, 4) is 17.2 Å². The first-order valence-electron chi connectivity index (χ1n) is 16.1. The molecule has 4 aromatic heterocycles. The summed E-state index contributed by atoms with van der Waals surface area (Å²) in [6.45, 7) is 0. The van der Waals surface area contributed by atoms with E-state index in [-0.39, 0.29) is 5.56 Å². The van der Waals surface area contributed by atoms with Crippen LogP contribution in [0.25, 0.3) is 98.7 Å². The van der Waals surface area contributed by atoms with Gasteiger partial charge in [-0.1, -0.05) is 115 Å². The Balaban J connectivity index is 1.28. The van der Waals surface area contributed by atoms with Crippen molar-refractivity contribution in [2.45, 2.75) is 0 Å². The van der Waals surface area contributed by atoms with Crippen LogP contribution in [-0.2, 0) is 0 Å². The van der Waals surface area contributed by atoms with Gasteiger partial charge in [0, 0.05) is 43.3 Å². The largest absolute Gasteiger partial charge is 0.278 e. The second kappa shape index (κ2) is 9.24. The van der Waals surface area contributed by atoms with Gasteiger partial charge in [-0.05, 0) is 46.5 Å². The quantitative estimate of drug-likeness (QED) is 0.183. The average Bonchev–Trinajstić information content (AvgIpc) is 3.68. The van der Waals surface area contributed by atoms with Gasteiger partial charge >= 0.3 is 0 Å². The second-order valence-electron chi connectivity index (χ2n) is 12.5. The van der Waals surface area contributed by atoms with Gasteiger partial charge in [0.05, 0.1) is 33.3 Å². The van der Waals surface area contributed by atoms with Gasteiger partial charge in [0.1, 0.15) is 0 Å². The van der Waals surface area contributed by atoms with Crippen LogP contribution in [-0.4, -0.2) is 18.9 Å². The molecule has 0 unspecified atom stereocenters. The summed E-state index contributed by atoms with van der Waals surface area (Å²) in [4.78, 5) is 24.4. The lowest BCUT2D eigenvalue weighted by atomic mass is 9.99. The smallest absolute Gasteiger partial charge is 0.263 e. The van der Waals surface area contributed by atoms with E-state index in [1.807, 2.05) is 52.9 Å². The molecule has 0 bridgehead atoms. The zero-order valence-corrected chi connectivity index (χ0v) is 25.6. The predicted octanol–water partition coefficient (Wildman–Crippen LogP) is 10.1. The maximum Gasteiger partial charge on any atom is 0.263 e. The van der Waals surface area contributed by atoms with Crippen molar-refractivity contribution in [1.29, 1.82) is 0 Å². The molecule has 0 N–H and O–H groups in total. The molecule has 4 heterocycles. The molecule has 48 heavy (non-hydrogen) atoms. The third-order valence-electron chi connectivity index (χ3n) is 10.1. The van der Waals surface area contributed by atoms with Crippen molar-refractivity contribution in [1.82, 2.24) is 18.9 Å². The van der Waals surface area contributed by atoms with Gasteiger partial charge in [0.2, 0.25) is 5.95 Å². The molecular weight excluding hydrogens is 589 g/mol. The molecule has 11 aromatic rings. The van der Waals surface area contributed by atoms with Crippen molar-refractivity contribution in [3.05, 3.63) is 156 Å². The van der Waals surface area contributed by atoms with Crippen LogP contribution >= 0.6 is 0 Å². The van der Waals surface area contributed by atoms with Crippen LogP contribution in [0.4, 0.5) is 0 Å². The third kappa shape index (κ3) is 3.22. The van der Waals surface area contributed by atoms with E-state index in [4.69, 9.17) is 9.97 Å². The molecule has 11 rings (SSSR count). The first-order chi connectivity index (χ1) is 23.8. The van der Waals surface area contributed by atoms with E-state index in [0.717, 1.165) is 92.7 Å². The SMILES string of the molecule is O=c1c2ccccc2c2cccc3c4c5ccc6c(c5ccc4n1c23)c1ccccc1n6-c1nc(-c2ccccc2)c2ccccc2n1. The Morgan fingerprint density at radius 2 is 1.04 bits per heavy atom. The number of benzene rings is 7. The fraction of sp³-hybridized carbons (Fsp3) is 0. The van der Waals surface area contributed by atoms with Gasteiger partial charge in [-0.25, -0.2) is 9.97 Å². The summed E-state index contributed by atoms with van der Waals surface area (Å²) in [5.74, 6) is 0.634. The van der Waals surface area contributed by atoms with Crippen molar-refractivity contribution in [2.24, 2.45) is 0 Å². The molecule has 0 atom stereocenters. The fourth-order valence-electron chi connectivity index (χ4n) is 8.09. The molecule has 0 saturated heterocycles. The molecule has 222 valence electrons. The first-order valence-corrected chi connectivity index (χ1v) is 16.1. The lowest BCUT2D eigenvalue weighted by Gasteiger charge is -2.12. The minimum atomic E-state index is 0.0176. The molecule has 5 nitrogen and oxygen atoms in total. The zero-order valence-electron chi connectivity index (χ0n) is 25.6. The maximum absolute atomic E-state index is 14.0. The number of hydrogen-bond donors (Lipinski definition) is 0. The average molecular weight is 613 g/mol. The molecular formula is C43H24N4O. The monoisotopic (exact) mass is 612 g/mol. The van der Waals surface area contributed by atoms with Gasteiger partial charge in [-0.15, -0.1) is 0 Å². The Hall–Kier alpha value is -6.59. The number of aromatic nitrogens is 4. The highest BCUT2D eigenvalue weighted by Gasteiger charge is 2.22. The number of para-hydroxylation sites is 3. The minimum absolute atomic E-state index is 0.0176. The van der Waals surface area contributed by atoms with E-state index in [9.17, 15) is 4.79 Å². The number of fused-ring (bicyclic) bond motifs is 12. The number of hydrogen-bond acceptors (Lipinski definition) is 3. The van der Waals surface area contributed by atoms with Crippen molar-refractivity contribution in [2.75, 3.05) is 0 Å². The highest BCUT2D eigenvalue weighted by molar-refractivity contribution is 6.31. The van der Waals surface area contributed by atoms with E-state index < -0.39 is 0 Å². The normalized spacial score (nSPS) is 12.2. The summed E-state index contributed by atoms with van der Waals surface area (Å²) in [7, 11) is 0. The summed E-state index contributed by atoms with van der Waals surface area (Å²) in [6.07, 6.45) is 0. The summed E-state index contributed by atoms with van der Waals surface area (Å²) >= 11 is 0. The first kappa shape index (κ1) is 25.6. The van der Waals surface area contributed by atoms with Crippen LogP contribution in [0.5, 0.6) is 0 Å². The van der Waals surface area contributed by atoms with Crippen molar-refractivity contribution >= 4 is 81.4 Å². The lowest BCUT2D eigenvalue weighted by Crippen LogP contribution is -2.12. The Kier molecular flexibility index (Phi) is 4.93.